The van der Waals surface area contributed by atoms with Gasteiger partial charge < -0.3 is 10.2 Å². The summed E-state index contributed by atoms with van der Waals surface area (Å²) >= 11 is 0. The van der Waals surface area contributed by atoms with E-state index in [0.29, 0.717) is 6.54 Å². The van der Waals surface area contributed by atoms with Gasteiger partial charge in [0.15, 0.2) is 0 Å². The van der Waals surface area contributed by atoms with Gasteiger partial charge in [0.2, 0.25) is 5.91 Å². The first-order valence-electron chi connectivity index (χ1n) is 5.10. The summed E-state index contributed by atoms with van der Waals surface area (Å²) in [6, 6.07) is 1.82. The highest BCUT2D eigenvalue weighted by Crippen LogP contribution is 1.89. The lowest BCUT2D eigenvalue weighted by molar-refractivity contribution is -0.120. The SMILES string of the molecule is CCN(CC)CCCNC(=O)CC#N. The van der Waals surface area contributed by atoms with Gasteiger partial charge in [-0.25, -0.2) is 0 Å². The summed E-state index contributed by atoms with van der Waals surface area (Å²) in [4.78, 5) is 13.2. The van der Waals surface area contributed by atoms with Crippen molar-refractivity contribution in [3.63, 3.8) is 0 Å². The molecule has 0 atom stereocenters. The van der Waals surface area contributed by atoms with Crippen LogP contribution < -0.4 is 5.32 Å². The Morgan fingerprint density at radius 2 is 2.07 bits per heavy atom. The van der Waals surface area contributed by atoms with E-state index in [-0.39, 0.29) is 12.3 Å². The minimum Gasteiger partial charge on any atom is -0.355 e. The molecule has 0 spiro atoms. The van der Waals surface area contributed by atoms with E-state index in [4.69, 9.17) is 5.26 Å². The van der Waals surface area contributed by atoms with Crippen LogP contribution in [-0.4, -0.2) is 37.0 Å². The van der Waals surface area contributed by atoms with E-state index in [0.717, 1.165) is 26.1 Å². The summed E-state index contributed by atoms with van der Waals surface area (Å²) in [5.41, 5.74) is 0. The molecule has 4 heteroatoms. The molecule has 1 N–H and O–H groups in total. The Morgan fingerprint density at radius 3 is 2.57 bits per heavy atom. The van der Waals surface area contributed by atoms with Gasteiger partial charge in [-0.05, 0) is 26.1 Å². The number of amides is 1. The first-order chi connectivity index (χ1) is 6.74. The van der Waals surface area contributed by atoms with Crippen molar-refractivity contribution in [2.75, 3.05) is 26.2 Å². The van der Waals surface area contributed by atoms with Gasteiger partial charge in [-0.15, -0.1) is 0 Å². The van der Waals surface area contributed by atoms with E-state index < -0.39 is 0 Å². The normalized spacial score (nSPS) is 9.86. The molecule has 0 aromatic heterocycles. The maximum absolute atomic E-state index is 10.9. The van der Waals surface area contributed by atoms with Crippen LogP contribution in [0.3, 0.4) is 0 Å². The lowest BCUT2D eigenvalue weighted by Crippen LogP contribution is -2.29. The summed E-state index contributed by atoms with van der Waals surface area (Å²) in [5.74, 6) is -0.174. The van der Waals surface area contributed by atoms with Gasteiger partial charge in [-0.2, -0.15) is 5.26 Å². The lowest BCUT2D eigenvalue weighted by Gasteiger charge is -2.17. The molecule has 0 aromatic rings. The van der Waals surface area contributed by atoms with Gasteiger partial charge in [0.1, 0.15) is 6.42 Å². The van der Waals surface area contributed by atoms with Gasteiger partial charge in [-0.3, -0.25) is 4.79 Å². The van der Waals surface area contributed by atoms with E-state index in [1.807, 2.05) is 6.07 Å². The molecule has 0 radical (unpaired) electrons. The quantitative estimate of drug-likeness (QED) is 0.613. The summed E-state index contributed by atoms with van der Waals surface area (Å²) < 4.78 is 0. The Labute approximate surface area is 85.9 Å². The van der Waals surface area contributed by atoms with Crippen LogP contribution in [0.5, 0.6) is 0 Å². The smallest absolute Gasteiger partial charge is 0.234 e. The third kappa shape index (κ3) is 6.44. The first-order valence-corrected chi connectivity index (χ1v) is 5.10. The van der Waals surface area contributed by atoms with Crippen molar-refractivity contribution in [2.45, 2.75) is 26.7 Å². The molecule has 0 saturated heterocycles. The maximum atomic E-state index is 10.9. The third-order valence-corrected chi connectivity index (χ3v) is 2.11. The second-order valence-electron chi connectivity index (χ2n) is 3.07. The van der Waals surface area contributed by atoms with Crippen molar-refractivity contribution in [2.24, 2.45) is 0 Å². The molecular formula is C10H19N3O. The maximum Gasteiger partial charge on any atom is 0.234 e. The molecule has 0 aromatic carbocycles. The van der Waals surface area contributed by atoms with Crippen molar-refractivity contribution in [3.05, 3.63) is 0 Å². The number of carbonyl (C=O) groups is 1. The Balaban J connectivity index is 3.37. The standard InChI is InChI=1S/C10H19N3O/c1-3-13(4-2)9-5-8-12-10(14)6-7-11/h3-6,8-9H2,1-2H3,(H,12,14). The molecule has 4 nitrogen and oxygen atoms in total. The molecule has 1 amide bonds. The molecule has 0 aliphatic carbocycles. The first kappa shape index (κ1) is 12.9. The monoisotopic (exact) mass is 197 g/mol. The van der Waals surface area contributed by atoms with Crippen LogP contribution in [0.15, 0.2) is 0 Å². The van der Waals surface area contributed by atoms with Crippen molar-refractivity contribution in [1.82, 2.24) is 10.2 Å². The minimum absolute atomic E-state index is 0.0364. The highest BCUT2D eigenvalue weighted by atomic mass is 16.1. The van der Waals surface area contributed by atoms with Crippen LogP contribution in [0.25, 0.3) is 0 Å². The molecule has 80 valence electrons. The van der Waals surface area contributed by atoms with Crippen molar-refractivity contribution < 1.29 is 4.79 Å². The lowest BCUT2D eigenvalue weighted by atomic mass is 10.3. The Hall–Kier alpha value is -1.08. The number of nitriles is 1. The van der Waals surface area contributed by atoms with Crippen molar-refractivity contribution >= 4 is 5.91 Å². The van der Waals surface area contributed by atoms with E-state index >= 15 is 0 Å². The van der Waals surface area contributed by atoms with E-state index in [2.05, 4.69) is 24.1 Å². The second kappa shape index (κ2) is 8.52. The Kier molecular flexibility index (Phi) is 7.86. The number of rotatable bonds is 7. The summed E-state index contributed by atoms with van der Waals surface area (Å²) in [6.45, 7) is 8.00. The summed E-state index contributed by atoms with van der Waals surface area (Å²) in [6.07, 6.45) is 0.907. The molecule has 0 aliphatic heterocycles. The molecule has 0 rings (SSSR count). The Bertz CT molecular complexity index is 194. The van der Waals surface area contributed by atoms with Crippen molar-refractivity contribution in [1.29, 1.82) is 5.26 Å². The predicted molar refractivity (Wildman–Crippen MR) is 55.6 cm³/mol. The molecule has 0 saturated carbocycles. The van der Waals surface area contributed by atoms with Crippen LogP contribution >= 0.6 is 0 Å². The molecular weight excluding hydrogens is 178 g/mol. The average molecular weight is 197 g/mol. The van der Waals surface area contributed by atoms with E-state index in [9.17, 15) is 4.79 Å². The number of hydrogen-bond donors (Lipinski definition) is 1. The fourth-order valence-corrected chi connectivity index (χ4v) is 1.20. The molecule has 0 aliphatic rings. The zero-order valence-corrected chi connectivity index (χ0v) is 9.05. The number of hydrogen-bond acceptors (Lipinski definition) is 3. The van der Waals surface area contributed by atoms with Crippen LogP contribution in [0.2, 0.25) is 0 Å². The number of nitrogens with zero attached hydrogens (tertiary/aromatic N) is 2. The molecule has 14 heavy (non-hydrogen) atoms. The fraction of sp³-hybridized carbons (Fsp3) is 0.800. The molecule has 0 heterocycles. The summed E-state index contributed by atoms with van der Waals surface area (Å²) in [5, 5.41) is 10.9. The van der Waals surface area contributed by atoms with Crippen LogP contribution in [0.1, 0.15) is 26.7 Å². The van der Waals surface area contributed by atoms with Crippen LogP contribution in [0.4, 0.5) is 0 Å². The number of carbonyl (C=O) groups excluding carboxylic acids is 1. The van der Waals surface area contributed by atoms with Gasteiger partial charge in [-0.1, -0.05) is 13.8 Å². The van der Waals surface area contributed by atoms with E-state index in [1.165, 1.54) is 0 Å². The fourth-order valence-electron chi connectivity index (χ4n) is 1.20. The Morgan fingerprint density at radius 1 is 1.43 bits per heavy atom. The summed E-state index contributed by atoms with van der Waals surface area (Å²) in [7, 11) is 0. The topological polar surface area (TPSA) is 56.1 Å². The van der Waals surface area contributed by atoms with Crippen molar-refractivity contribution in [3.8, 4) is 6.07 Å². The molecule has 0 fully saturated rings. The van der Waals surface area contributed by atoms with Gasteiger partial charge in [0.05, 0.1) is 6.07 Å². The second-order valence-corrected chi connectivity index (χ2v) is 3.07. The number of nitrogens with one attached hydrogen (secondary N) is 1. The minimum atomic E-state index is -0.174. The third-order valence-electron chi connectivity index (χ3n) is 2.11. The van der Waals surface area contributed by atoms with E-state index in [1.54, 1.807) is 0 Å². The van der Waals surface area contributed by atoms with Crippen LogP contribution in [0, 0.1) is 11.3 Å². The van der Waals surface area contributed by atoms with Gasteiger partial charge >= 0.3 is 0 Å². The zero-order chi connectivity index (χ0) is 10.8. The average Bonchev–Trinajstić information content (AvgIpc) is 2.19. The molecule has 0 unspecified atom stereocenters. The largest absolute Gasteiger partial charge is 0.355 e. The van der Waals surface area contributed by atoms with Crippen LogP contribution in [-0.2, 0) is 4.79 Å². The molecule has 0 bridgehead atoms. The van der Waals surface area contributed by atoms with Gasteiger partial charge in [0, 0.05) is 6.54 Å². The van der Waals surface area contributed by atoms with Gasteiger partial charge in [0.25, 0.3) is 0 Å². The highest BCUT2D eigenvalue weighted by molar-refractivity contribution is 5.77. The predicted octanol–water partition coefficient (Wildman–Crippen LogP) is 0.748. The zero-order valence-electron chi connectivity index (χ0n) is 9.05. The highest BCUT2D eigenvalue weighted by Gasteiger charge is 2.00.